The first kappa shape index (κ1) is 16.2. The van der Waals surface area contributed by atoms with Gasteiger partial charge in [-0.1, -0.05) is 59.3 Å². The lowest BCUT2D eigenvalue weighted by molar-refractivity contribution is 0.241. The maximum Gasteiger partial charge on any atom is 0.0473 e. The lowest BCUT2D eigenvalue weighted by Gasteiger charge is -2.29. The number of nitrogens with two attached hydrogens (primary N) is 1. The Bertz CT molecular complexity index is 566. The third-order valence-corrected chi connectivity index (χ3v) is 4.42. The van der Waals surface area contributed by atoms with E-state index in [9.17, 15) is 0 Å². The van der Waals surface area contributed by atoms with Crippen molar-refractivity contribution >= 4 is 15.9 Å². The molecule has 0 radical (unpaired) electrons. The molecule has 21 heavy (non-hydrogen) atoms. The Kier molecular flexibility index (Phi) is 5.97. The van der Waals surface area contributed by atoms with E-state index in [0.717, 1.165) is 17.4 Å². The molecule has 0 saturated carbocycles. The molecule has 2 N–H and O–H groups in total. The fourth-order valence-corrected chi connectivity index (χ4v) is 2.98. The Hall–Kier alpha value is -1.16. The summed E-state index contributed by atoms with van der Waals surface area (Å²) in [6.45, 7) is 3.72. The molecule has 0 aliphatic rings. The minimum Gasteiger partial charge on any atom is -0.329 e. The van der Waals surface area contributed by atoms with Crippen molar-refractivity contribution < 1.29 is 0 Å². The van der Waals surface area contributed by atoms with Crippen LogP contribution in [0.25, 0.3) is 0 Å². The number of benzene rings is 2. The standard InChI is InChI=1S/C18H23BrN2/c1-3-15-6-4-5-7-17(15)18(12-20)21(2)13-14-8-10-16(19)11-9-14/h4-11,18H,3,12-13,20H2,1-2H3. The summed E-state index contributed by atoms with van der Waals surface area (Å²) in [5.41, 5.74) is 10.1. The van der Waals surface area contributed by atoms with Crippen molar-refractivity contribution in [2.45, 2.75) is 25.9 Å². The van der Waals surface area contributed by atoms with Crippen LogP contribution in [0.4, 0.5) is 0 Å². The summed E-state index contributed by atoms with van der Waals surface area (Å²) < 4.78 is 1.11. The van der Waals surface area contributed by atoms with Gasteiger partial charge in [0.1, 0.15) is 0 Å². The van der Waals surface area contributed by atoms with Crippen LogP contribution in [0.15, 0.2) is 53.0 Å². The monoisotopic (exact) mass is 346 g/mol. The molecular weight excluding hydrogens is 324 g/mol. The van der Waals surface area contributed by atoms with E-state index in [0.29, 0.717) is 6.54 Å². The number of halogens is 1. The number of rotatable bonds is 6. The van der Waals surface area contributed by atoms with Gasteiger partial charge in [-0.05, 0) is 42.3 Å². The number of hydrogen-bond acceptors (Lipinski definition) is 2. The van der Waals surface area contributed by atoms with Crippen LogP contribution < -0.4 is 5.73 Å². The van der Waals surface area contributed by atoms with Crippen molar-refractivity contribution in [3.63, 3.8) is 0 Å². The van der Waals surface area contributed by atoms with Crippen molar-refractivity contribution in [2.24, 2.45) is 5.73 Å². The zero-order valence-corrected chi connectivity index (χ0v) is 14.3. The molecule has 1 unspecified atom stereocenters. The zero-order valence-electron chi connectivity index (χ0n) is 12.7. The summed E-state index contributed by atoms with van der Waals surface area (Å²) in [5.74, 6) is 0. The fraction of sp³-hybridized carbons (Fsp3) is 0.333. The van der Waals surface area contributed by atoms with E-state index in [1.165, 1.54) is 16.7 Å². The van der Waals surface area contributed by atoms with E-state index in [4.69, 9.17) is 5.73 Å². The molecule has 0 fully saturated rings. The van der Waals surface area contributed by atoms with Gasteiger partial charge in [0.2, 0.25) is 0 Å². The van der Waals surface area contributed by atoms with E-state index >= 15 is 0 Å². The summed E-state index contributed by atoms with van der Waals surface area (Å²) in [4.78, 5) is 2.33. The maximum atomic E-state index is 6.06. The Morgan fingerprint density at radius 2 is 1.76 bits per heavy atom. The minimum atomic E-state index is 0.254. The SMILES string of the molecule is CCc1ccccc1C(CN)N(C)Cc1ccc(Br)cc1. The Labute approximate surface area is 136 Å². The molecule has 0 aliphatic heterocycles. The largest absolute Gasteiger partial charge is 0.329 e. The molecule has 2 aromatic rings. The van der Waals surface area contributed by atoms with E-state index in [2.05, 4.69) is 83.3 Å². The van der Waals surface area contributed by atoms with Crippen LogP contribution in [0.2, 0.25) is 0 Å². The summed E-state index contributed by atoms with van der Waals surface area (Å²) in [6, 6.07) is 17.3. The molecule has 2 nitrogen and oxygen atoms in total. The molecule has 0 saturated heterocycles. The average Bonchev–Trinajstić information content (AvgIpc) is 2.51. The second-order valence-electron chi connectivity index (χ2n) is 5.35. The Morgan fingerprint density at radius 1 is 1.10 bits per heavy atom. The van der Waals surface area contributed by atoms with Crippen LogP contribution >= 0.6 is 15.9 Å². The lowest BCUT2D eigenvalue weighted by atomic mass is 9.97. The molecule has 1 atom stereocenters. The third-order valence-electron chi connectivity index (χ3n) is 3.90. The molecule has 112 valence electrons. The summed E-state index contributed by atoms with van der Waals surface area (Å²) >= 11 is 3.48. The van der Waals surface area contributed by atoms with Crippen LogP contribution in [0.5, 0.6) is 0 Å². The molecule has 0 amide bonds. The van der Waals surface area contributed by atoms with Gasteiger partial charge in [-0.3, -0.25) is 4.90 Å². The van der Waals surface area contributed by atoms with E-state index in [1.54, 1.807) is 0 Å². The number of hydrogen-bond donors (Lipinski definition) is 1. The van der Waals surface area contributed by atoms with Gasteiger partial charge in [0, 0.05) is 23.6 Å². The first-order valence-electron chi connectivity index (χ1n) is 7.38. The van der Waals surface area contributed by atoms with Crippen LogP contribution in [-0.2, 0) is 13.0 Å². The number of nitrogens with zero attached hydrogens (tertiary/aromatic N) is 1. The molecule has 2 rings (SSSR count). The van der Waals surface area contributed by atoms with Gasteiger partial charge < -0.3 is 5.73 Å². The molecule has 0 heterocycles. The summed E-state index contributed by atoms with van der Waals surface area (Å²) in [5, 5.41) is 0. The zero-order chi connectivity index (χ0) is 15.2. The first-order valence-corrected chi connectivity index (χ1v) is 8.17. The van der Waals surface area contributed by atoms with Crippen molar-refractivity contribution in [1.82, 2.24) is 4.90 Å². The highest BCUT2D eigenvalue weighted by atomic mass is 79.9. The second kappa shape index (κ2) is 7.74. The predicted molar refractivity (Wildman–Crippen MR) is 93.2 cm³/mol. The van der Waals surface area contributed by atoms with E-state index < -0.39 is 0 Å². The van der Waals surface area contributed by atoms with Gasteiger partial charge >= 0.3 is 0 Å². The summed E-state index contributed by atoms with van der Waals surface area (Å²) in [7, 11) is 2.14. The smallest absolute Gasteiger partial charge is 0.0473 e. The minimum absolute atomic E-state index is 0.254. The van der Waals surface area contributed by atoms with Gasteiger partial charge in [-0.15, -0.1) is 0 Å². The lowest BCUT2D eigenvalue weighted by Crippen LogP contribution is -2.30. The highest BCUT2D eigenvalue weighted by Crippen LogP contribution is 2.24. The quantitative estimate of drug-likeness (QED) is 0.851. The second-order valence-corrected chi connectivity index (χ2v) is 6.26. The average molecular weight is 347 g/mol. The molecule has 2 aromatic carbocycles. The number of likely N-dealkylation sites (N-methyl/N-ethyl adjacent to an activating group) is 1. The first-order chi connectivity index (χ1) is 10.2. The maximum absolute atomic E-state index is 6.06. The number of aryl methyl sites for hydroxylation is 1. The van der Waals surface area contributed by atoms with Crippen molar-refractivity contribution in [3.8, 4) is 0 Å². The van der Waals surface area contributed by atoms with Crippen molar-refractivity contribution in [2.75, 3.05) is 13.6 Å². The normalized spacial score (nSPS) is 12.6. The highest BCUT2D eigenvalue weighted by Gasteiger charge is 2.17. The van der Waals surface area contributed by atoms with E-state index in [1.807, 2.05) is 0 Å². The van der Waals surface area contributed by atoms with Crippen LogP contribution in [0.3, 0.4) is 0 Å². The third kappa shape index (κ3) is 4.16. The van der Waals surface area contributed by atoms with Gasteiger partial charge in [0.05, 0.1) is 0 Å². The van der Waals surface area contributed by atoms with Crippen molar-refractivity contribution in [1.29, 1.82) is 0 Å². The Morgan fingerprint density at radius 3 is 2.38 bits per heavy atom. The van der Waals surface area contributed by atoms with Crippen LogP contribution in [-0.4, -0.2) is 18.5 Å². The topological polar surface area (TPSA) is 29.3 Å². The van der Waals surface area contributed by atoms with Crippen LogP contribution in [0, 0.1) is 0 Å². The molecular formula is C18H23BrN2. The van der Waals surface area contributed by atoms with E-state index in [-0.39, 0.29) is 6.04 Å². The van der Waals surface area contributed by atoms with Gasteiger partial charge in [-0.25, -0.2) is 0 Å². The van der Waals surface area contributed by atoms with Crippen LogP contribution in [0.1, 0.15) is 29.7 Å². The van der Waals surface area contributed by atoms with Gasteiger partial charge in [0.15, 0.2) is 0 Å². The van der Waals surface area contributed by atoms with Gasteiger partial charge in [0.25, 0.3) is 0 Å². The summed E-state index contributed by atoms with van der Waals surface area (Å²) in [6.07, 6.45) is 1.04. The molecule has 0 aliphatic carbocycles. The predicted octanol–water partition coefficient (Wildman–Crippen LogP) is 4.14. The Balaban J connectivity index is 2.18. The molecule has 0 bridgehead atoms. The molecule has 3 heteroatoms. The highest BCUT2D eigenvalue weighted by molar-refractivity contribution is 9.10. The fourth-order valence-electron chi connectivity index (χ4n) is 2.71. The molecule has 0 spiro atoms. The molecule has 0 aromatic heterocycles. The van der Waals surface area contributed by atoms with Gasteiger partial charge in [-0.2, -0.15) is 0 Å². The van der Waals surface area contributed by atoms with Crippen molar-refractivity contribution in [3.05, 3.63) is 69.7 Å².